The van der Waals surface area contributed by atoms with Gasteiger partial charge in [0.2, 0.25) is 0 Å². The number of non-ortho nitro benzene ring substituents is 1. The van der Waals surface area contributed by atoms with Gasteiger partial charge in [-0.05, 0) is 18.2 Å². The van der Waals surface area contributed by atoms with E-state index in [4.69, 9.17) is 46.4 Å². The molecule has 0 radical (unpaired) electrons. The minimum atomic E-state index is -0.499. The van der Waals surface area contributed by atoms with Crippen molar-refractivity contribution in [3.63, 3.8) is 0 Å². The second kappa shape index (κ2) is 6.71. The molecule has 0 spiro atoms. The standard InChI is InChI=1S/C13H8Cl4N2O2/c14-9-3-4-11(16)13(17)8(9)6-18-12-5-7(19(20)21)1-2-10(12)15/h1-5,18H,6H2. The van der Waals surface area contributed by atoms with Gasteiger partial charge in [0.05, 0.1) is 25.7 Å². The summed E-state index contributed by atoms with van der Waals surface area (Å²) in [5.41, 5.74) is 0.941. The molecule has 0 bridgehead atoms. The first kappa shape index (κ1) is 16.2. The number of anilines is 1. The van der Waals surface area contributed by atoms with E-state index in [-0.39, 0.29) is 12.2 Å². The van der Waals surface area contributed by atoms with Crippen molar-refractivity contribution in [2.75, 3.05) is 5.32 Å². The monoisotopic (exact) mass is 364 g/mol. The van der Waals surface area contributed by atoms with E-state index in [2.05, 4.69) is 5.32 Å². The van der Waals surface area contributed by atoms with Crippen LogP contribution in [0.25, 0.3) is 0 Å². The number of rotatable bonds is 4. The van der Waals surface area contributed by atoms with Crippen LogP contribution in [-0.2, 0) is 6.54 Å². The summed E-state index contributed by atoms with van der Waals surface area (Å²) in [7, 11) is 0. The van der Waals surface area contributed by atoms with Crippen LogP contribution in [0.4, 0.5) is 11.4 Å². The minimum absolute atomic E-state index is 0.0646. The lowest BCUT2D eigenvalue weighted by molar-refractivity contribution is -0.384. The van der Waals surface area contributed by atoms with Gasteiger partial charge in [-0.2, -0.15) is 0 Å². The molecule has 0 amide bonds. The Labute approximate surface area is 140 Å². The van der Waals surface area contributed by atoms with Crippen molar-refractivity contribution < 1.29 is 4.92 Å². The number of benzene rings is 2. The summed E-state index contributed by atoms with van der Waals surface area (Å²) < 4.78 is 0. The van der Waals surface area contributed by atoms with Crippen molar-refractivity contribution >= 4 is 57.8 Å². The fourth-order valence-electron chi connectivity index (χ4n) is 1.68. The fraction of sp³-hybridized carbons (Fsp3) is 0.0769. The molecule has 4 nitrogen and oxygen atoms in total. The van der Waals surface area contributed by atoms with Crippen LogP contribution < -0.4 is 5.32 Å². The van der Waals surface area contributed by atoms with Gasteiger partial charge in [0.1, 0.15) is 0 Å². The number of hydrogen-bond acceptors (Lipinski definition) is 3. The summed E-state index contributed by atoms with van der Waals surface area (Å²) in [6, 6.07) is 7.34. The van der Waals surface area contributed by atoms with Gasteiger partial charge in [-0.15, -0.1) is 0 Å². The maximum absolute atomic E-state index is 10.8. The number of nitro benzene ring substituents is 1. The molecule has 2 rings (SSSR count). The molecule has 2 aromatic carbocycles. The van der Waals surface area contributed by atoms with E-state index in [1.165, 1.54) is 18.2 Å². The molecule has 110 valence electrons. The molecule has 0 aliphatic heterocycles. The smallest absolute Gasteiger partial charge is 0.271 e. The van der Waals surface area contributed by atoms with E-state index in [1.807, 2.05) is 0 Å². The molecule has 0 aromatic heterocycles. The highest BCUT2D eigenvalue weighted by molar-refractivity contribution is 6.44. The molecule has 8 heteroatoms. The van der Waals surface area contributed by atoms with Crippen LogP contribution in [0.15, 0.2) is 30.3 Å². The summed E-state index contributed by atoms with van der Waals surface area (Å²) in [5.74, 6) is 0. The second-order valence-corrected chi connectivity index (χ2v) is 5.70. The molecular formula is C13H8Cl4N2O2. The third-order valence-electron chi connectivity index (χ3n) is 2.76. The minimum Gasteiger partial charge on any atom is -0.379 e. The lowest BCUT2D eigenvalue weighted by Gasteiger charge is -2.12. The Hall–Kier alpha value is -1.20. The van der Waals surface area contributed by atoms with E-state index in [0.717, 1.165) is 0 Å². The number of halogens is 4. The zero-order valence-corrected chi connectivity index (χ0v) is 13.4. The van der Waals surface area contributed by atoms with Crippen molar-refractivity contribution in [3.05, 3.63) is 66.1 Å². The molecule has 21 heavy (non-hydrogen) atoms. The van der Waals surface area contributed by atoms with Crippen LogP contribution in [0.3, 0.4) is 0 Å². The normalized spacial score (nSPS) is 10.5. The summed E-state index contributed by atoms with van der Waals surface area (Å²) in [5, 5.41) is 15.2. The van der Waals surface area contributed by atoms with Gasteiger partial charge < -0.3 is 5.32 Å². The average Bonchev–Trinajstić information content (AvgIpc) is 2.44. The zero-order chi connectivity index (χ0) is 15.6. The Morgan fingerprint density at radius 2 is 1.62 bits per heavy atom. The third-order valence-corrected chi connectivity index (χ3v) is 4.28. The van der Waals surface area contributed by atoms with Crippen LogP contribution in [-0.4, -0.2) is 4.92 Å². The largest absolute Gasteiger partial charge is 0.379 e. The molecule has 0 saturated heterocycles. The summed E-state index contributed by atoms with van der Waals surface area (Å²) in [6.07, 6.45) is 0. The third kappa shape index (κ3) is 3.71. The number of nitrogens with one attached hydrogen (secondary N) is 1. The van der Waals surface area contributed by atoms with E-state index < -0.39 is 4.92 Å². The highest BCUT2D eigenvalue weighted by atomic mass is 35.5. The Balaban J connectivity index is 2.26. The van der Waals surface area contributed by atoms with Gasteiger partial charge in [0.25, 0.3) is 5.69 Å². The highest BCUT2D eigenvalue weighted by Gasteiger charge is 2.12. The van der Waals surface area contributed by atoms with Crippen molar-refractivity contribution in [2.45, 2.75) is 6.54 Å². The quantitative estimate of drug-likeness (QED) is 0.421. The SMILES string of the molecule is O=[N+]([O-])c1ccc(Cl)c(NCc2c(Cl)ccc(Cl)c2Cl)c1. The van der Waals surface area contributed by atoms with Gasteiger partial charge in [0, 0.05) is 29.3 Å². The van der Waals surface area contributed by atoms with Crippen LogP contribution in [0.2, 0.25) is 20.1 Å². The van der Waals surface area contributed by atoms with E-state index in [9.17, 15) is 10.1 Å². The highest BCUT2D eigenvalue weighted by Crippen LogP contribution is 2.33. The van der Waals surface area contributed by atoms with Gasteiger partial charge in [-0.3, -0.25) is 10.1 Å². The first-order valence-electron chi connectivity index (χ1n) is 5.70. The molecule has 2 aromatic rings. The predicted molar refractivity (Wildman–Crippen MR) is 86.9 cm³/mol. The van der Waals surface area contributed by atoms with Crippen LogP contribution in [0.5, 0.6) is 0 Å². The Morgan fingerprint density at radius 3 is 2.29 bits per heavy atom. The lowest BCUT2D eigenvalue weighted by atomic mass is 10.2. The van der Waals surface area contributed by atoms with Gasteiger partial charge >= 0.3 is 0 Å². The summed E-state index contributed by atoms with van der Waals surface area (Å²) >= 11 is 24.1. The molecule has 0 saturated carbocycles. The summed E-state index contributed by atoms with van der Waals surface area (Å²) in [6.45, 7) is 0.235. The molecule has 0 atom stereocenters. The van der Waals surface area contributed by atoms with E-state index in [1.54, 1.807) is 12.1 Å². The number of hydrogen-bond donors (Lipinski definition) is 1. The Kier molecular flexibility index (Phi) is 5.17. The van der Waals surface area contributed by atoms with E-state index in [0.29, 0.717) is 31.3 Å². The molecule has 0 aliphatic carbocycles. The zero-order valence-electron chi connectivity index (χ0n) is 10.4. The van der Waals surface area contributed by atoms with Crippen molar-refractivity contribution in [2.24, 2.45) is 0 Å². The van der Waals surface area contributed by atoms with Crippen LogP contribution >= 0.6 is 46.4 Å². The van der Waals surface area contributed by atoms with E-state index >= 15 is 0 Å². The Bertz CT molecular complexity index is 707. The van der Waals surface area contributed by atoms with Crippen molar-refractivity contribution in [1.82, 2.24) is 0 Å². The molecule has 0 fully saturated rings. The number of nitrogens with zero attached hydrogens (tertiary/aromatic N) is 1. The molecule has 0 unspecified atom stereocenters. The lowest BCUT2D eigenvalue weighted by Crippen LogP contribution is -2.02. The van der Waals surface area contributed by atoms with Gasteiger partial charge in [-0.25, -0.2) is 0 Å². The number of nitro groups is 1. The van der Waals surface area contributed by atoms with Crippen molar-refractivity contribution in [3.8, 4) is 0 Å². The molecule has 1 N–H and O–H groups in total. The maximum Gasteiger partial charge on any atom is 0.271 e. The van der Waals surface area contributed by atoms with Gasteiger partial charge in [0.15, 0.2) is 0 Å². The predicted octanol–water partition coefficient (Wildman–Crippen LogP) is 5.82. The van der Waals surface area contributed by atoms with Gasteiger partial charge in [-0.1, -0.05) is 46.4 Å². The first-order valence-corrected chi connectivity index (χ1v) is 7.21. The summed E-state index contributed by atoms with van der Waals surface area (Å²) in [4.78, 5) is 10.3. The second-order valence-electron chi connectivity index (χ2n) is 4.10. The average molecular weight is 366 g/mol. The molecule has 0 aliphatic rings. The molecule has 0 heterocycles. The van der Waals surface area contributed by atoms with Crippen LogP contribution in [0, 0.1) is 10.1 Å². The maximum atomic E-state index is 10.8. The fourth-order valence-corrected chi connectivity index (χ4v) is 2.54. The van der Waals surface area contributed by atoms with Crippen LogP contribution in [0.1, 0.15) is 5.56 Å². The molecular weight excluding hydrogens is 358 g/mol. The Morgan fingerprint density at radius 1 is 1.00 bits per heavy atom. The van der Waals surface area contributed by atoms with Crippen molar-refractivity contribution in [1.29, 1.82) is 0 Å². The topological polar surface area (TPSA) is 55.2 Å². The first-order chi connectivity index (χ1) is 9.90.